The second-order valence-corrected chi connectivity index (χ2v) is 7.53. The largest absolute Gasteiger partial charge is 0.293 e. The zero-order chi connectivity index (χ0) is 17.3. The molecule has 24 heavy (non-hydrogen) atoms. The Balaban J connectivity index is 1.72. The first kappa shape index (κ1) is 16.9. The van der Waals surface area contributed by atoms with E-state index in [-0.39, 0.29) is 0 Å². The van der Waals surface area contributed by atoms with Gasteiger partial charge in [-0.3, -0.25) is 4.90 Å². The molecule has 1 aromatic heterocycles. The van der Waals surface area contributed by atoms with Crippen molar-refractivity contribution >= 4 is 10.0 Å². The second kappa shape index (κ2) is 6.49. The molecule has 0 atom stereocenters. The average Bonchev–Trinajstić information content (AvgIpc) is 2.98. The summed E-state index contributed by atoms with van der Waals surface area (Å²) >= 11 is 0. The van der Waals surface area contributed by atoms with Crippen LogP contribution in [0.5, 0.6) is 0 Å². The van der Waals surface area contributed by atoms with Crippen molar-refractivity contribution in [1.29, 1.82) is 0 Å². The van der Waals surface area contributed by atoms with Gasteiger partial charge in [0, 0.05) is 32.2 Å². The van der Waals surface area contributed by atoms with Crippen molar-refractivity contribution in [2.45, 2.75) is 6.54 Å². The minimum absolute atomic E-state index is 0.323. The van der Waals surface area contributed by atoms with Gasteiger partial charge in [0.25, 0.3) is 0 Å². The number of rotatable bonds is 4. The molecule has 0 bridgehead atoms. The summed E-state index contributed by atoms with van der Waals surface area (Å²) in [5.41, 5.74) is 0.323. The molecular weight excluding hydrogens is 342 g/mol. The standard InChI is InChI=1S/C13H16F2N6O2S/c1-24(22,23)20-6-4-19(5-7-20)9-13-16-17-18-21(13)10-2-3-11(14)12(15)8-10/h2-3,8H,4-7,9H2,1H3. The summed E-state index contributed by atoms with van der Waals surface area (Å²) in [7, 11) is -3.19. The summed E-state index contributed by atoms with van der Waals surface area (Å²) in [5.74, 6) is -1.45. The third-order valence-corrected chi connectivity index (χ3v) is 5.15. The second-order valence-electron chi connectivity index (χ2n) is 5.54. The first-order valence-electron chi connectivity index (χ1n) is 7.25. The lowest BCUT2D eigenvalue weighted by Crippen LogP contribution is -2.48. The molecule has 3 rings (SSSR count). The van der Waals surface area contributed by atoms with Gasteiger partial charge in [-0.15, -0.1) is 5.10 Å². The summed E-state index contributed by atoms with van der Waals surface area (Å²) in [6.45, 7) is 2.25. The molecule has 1 fully saturated rings. The van der Waals surface area contributed by atoms with Gasteiger partial charge in [-0.05, 0) is 22.6 Å². The number of aromatic nitrogens is 4. The van der Waals surface area contributed by atoms with Gasteiger partial charge in [0.05, 0.1) is 18.5 Å². The molecule has 0 radical (unpaired) electrons. The Morgan fingerprint density at radius 3 is 2.46 bits per heavy atom. The van der Waals surface area contributed by atoms with Crippen LogP contribution in [-0.4, -0.2) is 70.3 Å². The van der Waals surface area contributed by atoms with Crippen molar-refractivity contribution in [2.24, 2.45) is 0 Å². The fraction of sp³-hybridized carbons (Fsp3) is 0.462. The third kappa shape index (κ3) is 3.57. The molecule has 0 aliphatic carbocycles. The minimum atomic E-state index is -3.19. The highest BCUT2D eigenvalue weighted by Crippen LogP contribution is 2.15. The van der Waals surface area contributed by atoms with E-state index >= 15 is 0 Å². The Morgan fingerprint density at radius 1 is 1.12 bits per heavy atom. The first-order chi connectivity index (χ1) is 11.3. The summed E-state index contributed by atoms with van der Waals surface area (Å²) in [4.78, 5) is 2.00. The van der Waals surface area contributed by atoms with Crippen molar-refractivity contribution in [3.05, 3.63) is 35.7 Å². The van der Waals surface area contributed by atoms with Gasteiger partial charge in [-0.1, -0.05) is 0 Å². The predicted octanol–water partition coefficient (Wildman–Crippen LogP) is 0.0177. The van der Waals surface area contributed by atoms with E-state index in [0.29, 0.717) is 44.2 Å². The molecule has 1 aliphatic heterocycles. The van der Waals surface area contributed by atoms with Crippen molar-refractivity contribution in [1.82, 2.24) is 29.4 Å². The third-order valence-electron chi connectivity index (χ3n) is 3.85. The van der Waals surface area contributed by atoms with E-state index in [0.717, 1.165) is 12.1 Å². The van der Waals surface area contributed by atoms with Crippen LogP contribution < -0.4 is 0 Å². The van der Waals surface area contributed by atoms with E-state index in [9.17, 15) is 17.2 Å². The zero-order valence-electron chi connectivity index (χ0n) is 12.9. The van der Waals surface area contributed by atoms with E-state index in [1.54, 1.807) is 0 Å². The molecule has 1 aliphatic rings. The highest BCUT2D eigenvalue weighted by atomic mass is 32.2. The quantitative estimate of drug-likeness (QED) is 0.766. The fourth-order valence-electron chi connectivity index (χ4n) is 2.54. The van der Waals surface area contributed by atoms with Gasteiger partial charge in [0.1, 0.15) is 0 Å². The molecule has 8 nitrogen and oxygen atoms in total. The van der Waals surface area contributed by atoms with Gasteiger partial charge in [0.2, 0.25) is 10.0 Å². The Morgan fingerprint density at radius 2 is 1.83 bits per heavy atom. The normalized spacial score (nSPS) is 17.3. The SMILES string of the molecule is CS(=O)(=O)N1CCN(Cc2nnnn2-c2ccc(F)c(F)c2)CC1. The zero-order valence-corrected chi connectivity index (χ0v) is 13.7. The molecule has 1 aromatic carbocycles. The Hall–Kier alpha value is -1.98. The van der Waals surface area contributed by atoms with Crippen LogP contribution in [0.3, 0.4) is 0 Å². The summed E-state index contributed by atoms with van der Waals surface area (Å²) < 4.78 is 52.2. The van der Waals surface area contributed by atoms with Crippen LogP contribution in [0.1, 0.15) is 5.82 Å². The highest BCUT2D eigenvalue weighted by molar-refractivity contribution is 7.88. The summed E-state index contributed by atoms with van der Waals surface area (Å²) in [5, 5.41) is 11.3. The monoisotopic (exact) mass is 358 g/mol. The predicted molar refractivity (Wildman–Crippen MR) is 80.8 cm³/mol. The van der Waals surface area contributed by atoms with Gasteiger partial charge >= 0.3 is 0 Å². The van der Waals surface area contributed by atoms with Crippen LogP contribution >= 0.6 is 0 Å². The van der Waals surface area contributed by atoms with Crippen LogP contribution in [0.15, 0.2) is 18.2 Å². The van der Waals surface area contributed by atoms with Gasteiger partial charge in [0.15, 0.2) is 17.5 Å². The maximum Gasteiger partial charge on any atom is 0.211 e. The topological polar surface area (TPSA) is 84.2 Å². The molecular formula is C13H16F2N6O2S. The van der Waals surface area contributed by atoms with Crippen molar-refractivity contribution < 1.29 is 17.2 Å². The van der Waals surface area contributed by atoms with Crippen LogP contribution in [0.25, 0.3) is 5.69 Å². The lowest BCUT2D eigenvalue weighted by Gasteiger charge is -2.32. The average molecular weight is 358 g/mol. The number of halogens is 2. The number of hydrogen-bond donors (Lipinski definition) is 0. The number of nitrogens with zero attached hydrogens (tertiary/aromatic N) is 6. The van der Waals surface area contributed by atoms with Crippen LogP contribution in [0.2, 0.25) is 0 Å². The Labute approximate surface area is 137 Å². The van der Waals surface area contributed by atoms with Crippen molar-refractivity contribution in [2.75, 3.05) is 32.4 Å². The summed E-state index contributed by atoms with van der Waals surface area (Å²) in [6.07, 6.45) is 1.19. The molecule has 2 aromatic rings. The molecule has 0 N–H and O–H groups in total. The van der Waals surface area contributed by atoms with Gasteiger partial charge < -0.3 is 0 Å². The summed E-state index contributed by atoms with van der Waals surface area (Å²) in [6, 6.07) is 3.43. The lowest BCUT2D eigenvalue weighted by atomic mass is 10.3. The minimum Gasteiger partial charge on any atom is -0.293 e. The van der Waals surface area contributed by atoms with Gasteiger partial charge in [-0.2, -0.15) is 8.99 Å². The van der Waals surface area contributed by atoms with Crippen LogP contribution in [0, 0.1) is 11.6 Å². The van der Waals surface area contributed by atoms with E-state index < -0.39 is 21.7 Å². The van der Waals surface area contributed by atoms with Crippen molar-refractivity contribution in [3.63, 3.8) is 0 Å². The van der Waals surface area contributed by atoms with Crippen molar-refractivity contribution in [3.8, 4) is 5.69 Å². The lowest BCUT2D eigenvalue weighted by molar-refractivity contribution is 0.177. The molecule has 0 amide bonds. The molecule has 2 heterocycles. The molecule has 0 spiro atoms. The van der Waals surface area contributed by atoms with Crippen LogP contribution in [0.4, 0.5) is 8.78 Å². The van der Waals surface area contributed by atoms with E-state index in [2.05, 4.69) is 15.5 Å². The maximum atomic E-state index is 13.4. The maximum absolute atomic E-state index is 13.4. The highest BCUT2D eigenvalue weighted by Gasteiger charge is 2.24. The number of piperazine rings is 1. The van der Waals surface area contributed by atoms with E-state index in [4.69, 9.17) is 0 Å². The molecule has 0 unspecified atom stereocenters. The Kier molecular flexibility index (Phi) is 4.56. The molecule has 1 saturated heterocycles. The number of hydrogen-bond acceptors (Lipinski definition) is 6. The smallest absolute Gasteiger partial charge is 0.211 e. The Bertz CT molecular complexity index is 833. The molecule has 11 heteroatoms. The van der Waals surface area contributed by atoms with E-state index in [1.165, 1.54) is 21.3 Å². The first-order valence-corrected chi connectivity index (χ1v) is 9.09. The molecule has 130 valence electrons. The number of sulfonamides is 1. The number of benzene rings is 1. The van der Waals surface area contributed by atoms with Gasteiger partial charge in [-0.25, -0.2) is 17.2 Å². The fourth-order valence-corrected chi connectivity index (χ4v) is 3.37. The number of tetrazole rings is 1. The van der Waals surface area contributed by atoms with Crippen LogP contribution in [-0.2, 0) is 16.6 Å². The van der Waals surface area contributed by atoms with E-state index in [1.807, 2.05) is 4.90 Å². The molecule has 0 saturated carbocycles.